The van der Waals surface area contributed by atoms with Gasteiger partial charge in [0.1, 0.15) is 5.75 Å². The molecule has 0 saturated heterocycles. The largest absolute Gasteiger partial charge is 0.496 e. The molecule has 0 aliphatic heterocycles. The van der Waals surface area contributed by atoms with Crippen molar-refractivity contribution in [1.82, 2.24) is 10.3 Å². The Bertz CT molecular complexity index is 571. The summed E-state index contributed by atoms with van der Waals surface area (Å²) in [7, 11) is 1.57. The van der Waals surface area contributed by atoms with Crippen molar-refractivity contribution in [3.05, 3.63) is 46.4 Å². The van der Waals surface area contributed by atoms with Crippen LogP contribution >= 0.6 is 11.3 Å². The highest BCUT2D eigenvalue weighted by Crippen LogP contribution is 2.20. The zero-order valence-corrected chi connectivity index (χ0v) is 12.6. The van der Waals surface area contributed by atoms with Crippen LogP contribution in [0.4, 0.5) is 0 Å². The molecule has 0 aromatic carbocycles. The number of carbonyl (C=O) groups excluding carboxylic acids is 1. The zero-order chi connectivity index (χ0) is 15.1. The first-order valence-corrected chi connectivity index (χ1v) is 7.52. The van der Waals surface area contributed by atoms with Crippen molar-refractivity contribution >= 4 is 17.2 Å². The number of hydrogen-bond acceptors (Lipinski definition) is 5. The third-order valence-electron chi connectivity index (χ3n) is 3.07. The summed E-state index contributed by atoms with van der Waals surface area (Å²) >= 11 is 1.33. The van der Waals surface area contributed by atoms with E-state index in [1.54, 1.807) is 24.8 Å². The smallest absolute Gasteiger partial charge is 0.261 e. The average molecular weight is 306 g/mol. The van der Waals surface area contributed by atoms with Gasteiger partial charge in [-0.3, -0.25) is 9.78 Å². The van der Waals surface area contributed by atoms with Gasteiger partial charge in [-0.2, -0.15) is 0 Å². The predicted molar refractivity (Wildman–Crippen MR) is 81.7 cm³/mol. The number of carbonyl (C=O) groups is 1. The number of aliphatic hydroxyl groups excluding tert-OH is 1. The van der Waals surface area contributed by atoms with Crippen molar-refractivity contribution in [3.8, 4) is 5.75 Å². The summed E-state index contributed by atoms with van der Waals surface area (Å²) in [6.07, 6.45) is 2.35. The van der Waals surface area contributed by atoms with Gasteiger partial charge < -0.3 is 15.2 Å². The van der Waals surface area contributed by atoms with Gasteiger partial charge in [-0.25, -0.2) is 0 Å². The number of rotatable bonds is 7. The van der Waals surface area contributed by atoms with Crippen LogP contribution in [0.2, 0.25) is 0 Å². The van der Waals surface area contributed by atoms with Crippen molar-refractivity contribution in [2.75, 3.05) is 20.3 Å². The molecule has 0 spiro atoms. The van der Waals surface area contributed by atoms with Crippen LogP contribution in [0.15, 0.2) is 35.8 Å². The lowest BCUT2D eigenvalue weighted by atomic mass is 10.0. The fourth-order valence-electron chi connectivity index (χ4n) is 1.88. The lowest BCUT2D eigenvalue weighted by Gasteiger charge is -2.14. The highest BCUT2D eigenvalue weighted by Gasteiger charge is 2.14. The van der Waals surface area contributed by atoms with Gasteiger partial charge in [-0.1, -0.05) is 6.07 Å². The highest BCUT2D eigenvalue weighted by molar-refractivity contribution is 7.12. The normalized spacial score (nSPS) is 11.9. The molecule has 1 atom stereocenters. The summed E-state index contributed by atoms with van der Waals surface area (Å²) in [6, 6.07) is 7.37. The van der Waals surface area contributed by atoms with Gasteiger partial charge in [-0.15, -0.1) is 11.3 Å². The first kappa shape index (κ1) is 15.5. The number of thiophene rings is 1. The van der Waals surface area contributed by atoms with Crippen LogP contribution in [0.5, 0.6) is 5.75 Å². The quantitative estimate of drug-likeness (QED) is 0.817. The Morgan fingerprint density at radius 3 is 3.00 bits per heavy atom. The second kappa shape index (κ2) is 7.75. The molecule has 1 amide bonds. The van der Waals surface area contributed by atoms with Crippen molar-refractivity contribution in [2.24, 2.45) is 5.92 Å². The van der Waals surface area contributed by atoms with E-state index in [2.05, 4.69) is 10.3 Å². The second-order valence-electron chi connectivity index (χ2n) is 4.63. The van der Waals surface area contributed by atoms with Crippen LogP contribution in [-0.4, -0.2) is 36.3 Å². The van der Waals surface area contributed by atoms with E-state index in [1.807, 2.05) is 18.2 Å². The minimum Gasteiger partial charge on any atom is -0.496 e. The standard InChI is InChI=1S/C15H18N2O3S/c1-20-13-7-14(21-10-13)15(19)17-8-11(9-18)6-12-4-2-3-5-16-12/h2-5,7,10-11,18H,6,8-9H2,1H3,(H,17,19). The van der Waals surface area contributed by atoms with Gasteiger partial charge in [-0.05, 0) is 18.6 Å². The molecule has 0 radical (unpaired) electrons. The molecule has 5 nitrogen and oxygen atoms in total. The number of ether oxygens (including phenoxy) is 1. The fraction of sp³-hybridized carbons (Fsp3) is 0.333. The van der Waals surface area contributed by atoms with Crippen LogP contribution in [-0.2, 0) is 6.42 Å². The minimum atomic E-state index is -0.150. The first-order chi connectivity index (χ1) is 10.2. The Morgan fingerprint density at radius 2 is 2.38 bits per heavy atom. The SMILES string of the molecule is COc1csc(C(=O)NCC(CO)Cc2ccccn2)c1. The molecule has 112 valence electrons. The molecule has 21 heavy (non-hydrogen) atoms. The Hall–Kier alpha value is -1.92. The van der Waals surface area contributed by atoms with Gasteiger partial charge in [0, 0.05) is 42.4 Å². The van der Waals surface area contributed by atoms with Gasteiger partial charge in [0.05, 0.1) is 12.0 Å². The summed E-state index contributed by atoms with van der Waals surface area (Å²) in [6.45, 7) is 0.413. The molecule has 2 heterocycles. The van der Waals surface area contributed by atoms with Crippen LogP contribution in [0.1, 0.15) is 15.4 Å². The molecule has 0 bridgehead atoms. The molecule has 2 N–H and O–H groups in total. The Morgan fingerprint density at radius 1 is 1.52 bits per heavy atom. The third kappa shape index (κ3) is 4.54. The van der Waals surface area contributed by atoms with Gasteiger partial charge in [0.15, 0.2) is 0 Å². The van der Waals surface area contributed by atoms with Gasteiger partial charge in [0.2, 0.25) is 0 Å². The lowest BCUT2D eigenvalue weighted by Crippen LogP contribution is -2.31. The van der Waals surface area contributed by atoms with E-state index in [-0.39, 0.29) is 18.4 Å². The van der Waals surface area contributed by atoms with Crippen molar-refractivity contribution < 1.29 is 14.6 Å². The summed E-state index contributed by atoms with van der Waals surface area (Å²) in [5.41, 5.74) is 0.906. The summed E-state index contributed by atoms with van der Waals surface area (Å²) in [4.78, 5) is 16.8. The molecular weight excluding hydrogens is 288 g/mol. The fourth-order valence-corrected chi connectivity index (χ4v) is 2.66. The monoisotopic (exact) mass is 306 g/mol. The number of methoxy groups -OCH3 is 1. The lowest BCUT2D eigenvalue weighted by molar-refractivity contribution is 0.0943. The topological polar surface area (TPSA) is 71.5 Å². The number of aromatic nitrogens is 1. The molecule has 0 aliphatic carbocycles. The van der Waals surface area contributed by atoms with E-state index in [0.29, 0.717) is 23.6 Å². The molecule has 1 unspecified atom stereocenters. The van der Waals surface area contributed by atoms with Gasteiger partial charge in [0.25, 0.3) is 5.91 Å². The third-order valence-corrected chi connectivity index (χ3v) is 3.98. The molecule has 2 rings (SSSR count). The van der Waals surface area contributed by atoms with Crippen LogP contribution in [0.3, 0.4) is 0 Å². The molecule has 6 heteroatoms. The minimum absolute atomic E-state index is 0.00458. The maximum Gasteiger partial charge on any atom is 0.261 e. The second-order valence-corrected chi connectivity index (χ2v) is 5.55. The molecule has 0 aliphatic rings. The number of nitrogens with zero attached hydrogens (tertiary/aromatic N) is 1. The van der Waals surface area contributed by atoms with E-state index >= 15 is 0 Å². The Balaban J connectivity index is 1.86. The van der Waals surface area contributed by atoms with E-state index in [4.69, 9.17) is 4.74 Å². The average Bonchev–Trinajstić information content (AvgIpc) is 3.01. The number of amides is 1. The maximum atomic E-state index is 12.0. The molecule has 2 aromatic heterocycles. The van der Waals surface area contributed by atoms with E-state index < -0.39 is 0 Å². The van der Waals surface area contributed by atoms with Crippen molar-refractivity contribution in [2.45, 2.75) is 6.42 Å². The Labute approximate surface area is 127 Å². The van der Waals surface area contributed by atoms with Crippen LogP contribution in [0.25, 0.3) is 0 Å². The molecular formula is C15H18N2O3S. The molecule has 2 aromatic rings. The van der Waals surface area contributed by atoms with E-state index in [9.17, 15) is 9.90 Å². The summed E-state index contributed by atoms with van der Waals surface area (Å²) < 4.78 is 5.05. The number of nitrogens with one attached hydrogen (secondary N) is 1. The number of hydrogen-bond donors (Lipinski definition) is 2. The Kier molecular flexibility index (Phi) is 5.71. The van der Waals surface area contributed by atoms with E-state index in [1.165, 1.54) is 11.3 Å². The summed E-state index contributed by atoms with van der Waals surface area (Å²) in [5.74, 6) is 0.478. The molecule has 0 saturated carbocycles. The number of aliphatic hydroxyl groups is 1. The number of pyridine rings is 1. The highest BCUT2D eigenvalue weighted by atomic mass is 32.1. The van der Waals surface area contributed by atoms with Crippen molar-refractivity contribution in [1.29, 1.82) is 0 Å². The van der Waals surface area contributed by atoms with E-state index in [0.717, 1.165) is 5.69 Å². The maximum absolute atomic E-state index is 12.0. The zero-order valence-electron chi connectivity index (χ0n) is 11.8. The predicted octanol–water partition coefficient (Wildman–Crippen LogP) is 1.73. The van der Waals surface area contributed by atoms with Crippen LogP contribution < -0.4 is 10.1 Å². The molecule has 0 fully saturated rings. The summed E-state index contributed by atoms with van der Waals surface area (Å²) in [5, 5.41) is 14.0. The van der Waals surface area contributed by atoms with Gasteiger partial charge >= 0.3 is 0 Å². The van der Waals surface area contributed by atoms with Crippen LogP contribution in [0, 0.1) is 5.92 Å². The first-order valence-electron chi connectivity index (χ1n) is 6.64. The van der Waals surface area contributed by atoms with Crippen molar-refractivity contribution in [3.63, 3.8) is 0 Å².